The summed E-state index contributed by atoms with van der Waals surface area (Å²) in [5.74, 6) is -0.257. The summed E-state index contributed by atoms with van der Waals surface area (Å²) in [7, 11) is 0. The van der Waals surface area contributed by atoms with Crippen LogP contribution in [0.4, 0.5) is 8.78 Å². The Morgan fingerprint density at radius 3 is 2.54 bits per heavy atom. The quantitative estimate of drug-likeness (QED) is 0.732. The third kappa shape index (κ3) is 4.05. The minimum atomic E-state index is -2.91. The summed E-state index contributed by atoms with van der Waals surface area (Å²) in [6, 6.07) is 15.2. The first kappa shape index (κ1) is 17.6. The molecule has 0 radical (unpaired) electrons. The molecule has 1 amide bonds. The monoisotopic (exact) mass is 357 g/mol. The van der Waals surface area contributed by atoms with E-state index in [0.717, 1.165) is 11.4 Å². The van der Waals surface area contributed by atoms with E-state index in [1.54, 1.807) is 53.3 Å². The molecule has 26 heavy (non-hydrogen) atoms. The molecule has 0 aliphatic carbocycles. The number of carbonyl (C=O) groups excluding carboxylic acids is 1. The van der Waals surface area contributed by atoms with E-state index >= 15 is 0 Å². The van der Waals surface area contributed by atoms with E-state index in [2.05, 4.69) is 15.2 Å². The molecule has 7 heteroatoms. The highest BCUT2D eigenvalue weighted by Gasteiger charge is 2.11. The molecule has 134 valence electrons. The number of benzene rings is 2. The number of aromatic nitrogens is 2. The number of alkyl halides is 2. The third-order valence-corrected chi connectivity index (χ3v) is 3.83. The summed E-state index contributed by atoms with van der Waals surface area (Å²) in [4.78, 5) is 12.3. The average molecular weight is 357 g/mol. The van der Waals surface area contributed by atoms with E-state index in [1.807, 2.05) is 13.0 Å². The maximum absolute atomic E-state index is 12.4. The van der Waals surface area contributed by atoms with Gasteiger partial charge in [-0.3, -0.25) is 4.79 Å². The standard InChI is InChI=1S/C19H17F2N3O2/c1-13-10-11-23-24(13)16-8-6-14(7-9-16)18(25)22-12-15-4-2-3-5-17(15)26-19(20)21/h2-11,19H,12H2,1H3,(H,22,25). The van der Waals surface area contributed by atoms with Crippen LogP contribution in [0.3, 0.4) is 0 Å². The Hall–Kier alpha value is -3.22. The van der Waals surface area contributed by atoms with Crippen molar-refractivity contribution < 1.29 is 18.3 Å². The van der Waals surface area contributed by atoms with Crippen LogP contribution in [0.25, 0.3) is 5.69 Å². The van der Waals surface area contributed by atoms with Gasteiger partial charge in [0, 0.05) is 29.6 Å². The summed E-state index contributed by atoms with van der Waals surface area (Å²) in [6.45, 7) is -0.890. The third-order valence-electron chi connectivity index (χ3n) is 3.83. The molecule has 2 aromatic carbocycles. The van der Waals surface area contributed by atoms with Crippen molar-refractivity contribution >= 4 is 5.91 Å². The van der Waals surface area contributed by atoms with Gasteiger partial charge in [0.15, 0.2) is 0 Å². The van der Waals surface area contributed by atoms with Gasteiger partial charge in [0.1, 0.15) is 5.75 Å². The largest absolute Gasteiger partial charge is 0.434 e. The van der Waals surface area contributed by atoms with E-state index in [9.17, 15) is 13.6 Å². The molecule has 1 N–H and O–H groups in total. The predicted octanol–water partition coefficient (Wildman–Crippen LogP) is 3.71. The zero-order valence-electron chi connectivity index (χ0n) is 14.0. The summed E-state index contributed by atoms with van der Waals surface area (Å²) in [5, 5.41) is 6.92. The Morgan fingerprint density at radius 2 is 1.88 bits per heavy atom. The molecule has 0 atom stereocenters. The van der Waals surface area contributed by atoms with Crippen LogP contribution < -0.4 is 10.1 Å². The number of nitrogens with one attached hydrogen (secondary N) is 1. The fraction of sp³-hybridized carbons (Fsp3) is 0.158. The highest BCUT2D eigenvalue weighted by Crippen LogP contribution is 2.20. The summed E-state index contributed by atoms with van der Waals surface area (Å²) in [5.41, 5.74) is 2.77. The van der Waals surface area contributed by atoms with Crippen LogP contribution in [0.2, 0.25) is 0 Å². The normalized spacial score (nSPS) is 10.8. The second-order valence-corrected chi connectivity index (χ2v) is 5.60. The van der Waals surface area contributed by atoms with E-state index in [1.165, 1.54) is 6.07 Å². The van der Waals surface area contributed by atoms with Crippen molar-refractivity contribution in [2.24, 2.45) is 0 Å². The molecule has 5 nitrogen and oxygen atoms in total. The van der Waals surface area contributed by atoms with Gasteiger partial charge in [0.25, 0.3) is 5.91 Å². The van der Waals surface area contributed by atoms with Crippen molar-refractivity contribution in [1.29, 1.82) is 0 Å². The van der Waals surface area contributed by atoms with Crippen molar-refractivity contribution in [3.05, 3.63) is 77.6 Å². The molecule has 0 bridgehead atoms. The number of rotatable bonds is 6. The van der Waals surface area contributed by atoms with E-state index in [0.29, 0.717) is 11.1 Å². The fourth-order valence-electron chi connectivity index (χ4n) is 2.53. The molecular weight excluding hydrogens is 340 g/mol. The van der Waals surface area contributed by atoms with Gasteiger partial charge in [-0.2, -0.15) is 13.9 Å². The minimum absolute atomic E-state index is 0.0484. The molecule has 1 heterocycles. The van der Waals surface area contributed by atoms with Crippen molar-refractivity contribution in [1.82, 2.24) is 15.1 Å². The molecule has 0 saturated heterocycles. The molecule has 0 spiro atoms. The van der Waals surface area contributed by atoms with Crippen molar-refractivity contribution in [2.45, 2.75) is 20.1 Å². The van der Waals surface area contributed by atoms with Gasteiger partial charge in [-0.05, 0) is 43.3 Å². The number of para-hydroxylation sites is 1. The Labute approximate surface area is 149 Å². The van der Waals surface area contributed by atoms with E-state index in [4.69, 9.17) is 0 Å². The number of nitrogens with zero attached hydrogens (tertiary/aromatic N) is 2. The number of hydrogen-bond acceptors (Lipinski definition) is 3. The lowest BCUT2D eigenvalue weighted by Crippen LogP contribution is -2.23. The lowest BCUT2D eigenvalue weighted by atomic mass is 10.1. The molecule has 0 fully saturated rings. The first-order chi connectivity index (χ1) is 12.5. The van der Waals surface area contributed by atoms with Crippen LogP contribution in [0, 0.1) is 6.92 Å². The zero-order chi connectivity index (χ0) is 18.5. The van der Waals surface area contributed by atoms with Gasteiger partial charge in [-0.15, -0.1) is 0 Å². The predicted molar refractivity (Wildman–Crippen MR) is 92.5 cm³/mol. The Balaban J connectivity index is 1.67. The summed E-state index contributed by atoms with van der Waals surface area (Å²) < 4.78 is 31.1. The molecule has 0 aliphatic heterocycles. The van der Waals surface area contributed by atoms with Crippen molar-refractivity contribution in [2.75, 3.05) is 0 Å². The molecule has 1 aromatic heterocycles. The van der Waals surface area contributed by atoms with Crippen LogP contribution >= 0.6 is 0 Å². The number of hydrogen-bond donors (Lipinski definition) is 1. The number of carbonyl (C=O) groups is 1. The van der Waals surface area contributed by atoms with E-state index in [-0.39, 0.29) is 18.2 Å². The maximum atomic E-state index is 12.4. The van der Waals surface area contributed by atoms with E-state index < -0.39 is 6.61 Å². The Morgan fingerprint density at radius 1 is 1.15 bits per heavy atom. The molecule has 0 aliphatic rings. The molecule has 3 rings (SSSR count). The van der Waals surface area contributed by atoms with Gasteiger partial charge in [-0.25, -0.2) is 4.68 Å². The second-order valence-electron chi connectivity index (χ2n) is 5.60. The maximum Gasteiger partial charge on any atom is 0.387 e. The molecule has 3 aromatic rings. The number of halogens is 2. The fourth-order valence-corrected chi connectivity index (χ4v) is 2.53. The van der Waals surface area contributed by atoms with Crippen LogP contribution in [0.15, 0.2) is 60.8 Å². The first-order valence-corrected chi connectivity index (χ1v) is 7.96. The van der Waals surface area contributed by atoms with Gasteiger partial charge in [0.2, 0.25) is 0 Å². The average Bonchev–Trinajstić information content (AvgIpc) is 3.06. The van der Waals surface area contributed by atoms with Crippen LogP contribution in [0.1, 0.15) is 21.6 Å². The summed E-state index contributed by atoms with van der Waals surface area (Å²) >= 11 is 0. The Bertz CT molecular complexity index is 892. The highest BCUT2D eigenvalue weighted by molar-refractivity contribution is 5.94. The first-order valence-electron chi connectivity index (χ1n) is 7.96. The number of aryl methyl sites for hydroxylation is 1. The number of ether oxygens (including phenoxy) is 1. The molecular formula is C19H17F2N3O2. The summed E-state index contributed by atoms with van der Waals surface area (Å²) in [6.07, 6.45) is 1.70. The van der Waals surface area contributed by atoms with Gasteiger partial charge < -0.3 is 10.1 Å². The van der Waals surface area contributed by atoms with Gasteiger partial charge in [0.05, 0.1) is 5.69 Å². The minimum Gasteiger partial charge on any atom is -0.434 e. The highest BCUT2D eigenvalue weighted by atomic mass is 19.3. The van der Waals surface area contributed by atoms with Crippen LogP contribution in [0.5, 0.6) is 5.75 Å². The lowest BCUT2D eigenvalue weighted by Gasteiger charge is -2.11. The van der Waals surface area contributed by atoms with Crippen molar-refractivity contribution in [3.8, 4) is 11.4 Å². The van der Waals surface area contributed by atoms with Gasteiger partial charge >= 0.3 is 6.61 Å². The SMILES string of the molecule is Cc1ccnn1-c1ccc(C(=O)NCc2ccccc2OC(F)F)cc1. The molecule has 0 saturated carbocycles. The second kappa shape index (κ2) is 7.77. The van der Waals surface area contributed by atoms with Crippen molar-refractivity contribution in [3.63, 3.8) is 0 Å². The smallest absolute Gasteiger partial charge is 0.387 e. The topological polar surface area (TPSA) is 56.2 Å². The molecule has 0 unspecified atom stereocenters. The Kier molecular flexibility index (Phi) is 5.26. The van der Waals surface area contributed by atoms with Gasteiger partial charge in [-0.1, -0.05) is 18.2 Å². The number of amides is 1. The van der Waals surface area contributed by atoms with Crippen LogP contribution in [-0.2, 0) is 6.54 Å². The van der Waals surface area contributed by atoms with Crippen LogP contribution in [-0.4, -0.2) is 22.3 Å². The lowest BCUT2D eigenvalue weighted by molar-refractivity contribution is -0.0504. The zero-order valence-corrected chi connectivity index (χ0v) is 14.0.